The Balaban J connectivity index is 2.22. The Morgan fingerprint density at radius 1 is 1.24 bits per heavy atom. The maximum atomic E-state index is 13.1. The van der Waals surface area contributed by atoms with Crippen molar-refractivity contribution in [1.82, 2.24) is 0 Å². The predicted octanol–water partition coefficient (Wildman–Crippen LogP) is 3.84. The molecule has 0 unspecified atom stereocenters. The number of carbonyl (C=O) groups excluding carboxylic acids is 1. The van der Waals surface area contributed by atoms with E-state index < -0.39 is 10.7 Å². The van der Waals surface area contributed by atoms with Gasteiger partial charge in [0.2, 0.25) is 5.91 Å². The van der Waals surface area contributed by atoms with Crippen molar-refractivity contribution in [2.45, 2.75) is 16.7 Å². The van der Waals surface area contributed by atoms with Crippen LogP contribution in [0.5, 0.6) is 0 Å². The monoisotopic (exact) mass is 306 g/mol. The average Bonchev–Trinajstić information content (AvgIpc) is 2.42. The summed E-state index contributed by atoms with van der Waals surface area (Å²) in [5, 5.41) is 13.5. The van der Waals surface area contributed by atoms with E-state index in [2.05, 4.69) is 5.32 Å². The first-order chi connectivity index (χ1) is 9.95. The number of halogens is 1. The molecule has 2 aromatic rings. The fraction of sp³-hybridized carbons (Fsp3) is 0.0714. The second-order valence-electron chi connectivity index (χ2n) is 4.18. The van der Waals surface area contributed by atoms with E-state index in [4.69, 9.17) is 0 Å². The van der Waals surface area contributed by atoms with Gasteiger partial charge in [-0.25, -0.2) is 4.39 Å². The first-order valence-electron chi connectivity index (χ1n) is 5.95. The topological polar surface area (TPSA) is 72.2 Å². The molecule has 0 saturated heterocycles. The van der Waals surface area contributed by atoms with Crippen molar-refractivity contribution in [3.63, 3.8) is 0 Å². The molecule has 21 heavy (non-hydrogen) atoms. The second-order valence-corrected chi connectivity index (χ2v) is 5.29. The molecule has 0 bridgehead atoms. The lowest BCUT2D eigenvalue weighted by Crippen LogP contribution is -2.05. The van der Waals surface area contributed by atoms with E-state index in [0.717, 1.165) is 22.7 Å². The van der Waals surface area contributed by atoms with Gasteiger partial charge < -0.3 is 5.32 Å². The molecule has 0 aliphatic heterocycles. The van der Waals surface area contributed by atoms with Crippen LogP contribution in [0.1, 0.15) is 6.92 Å². The lowest BCUT2D eigenvalue weighted by atomic mass is 10.3. The number of nitro groups is 1. The van der Waals surface area contributed by atoms with Gasteiger partial charge >= 0.3 is 0 Å². The number of nitrogens with one attached hydrogen (secondary N) is 1. The third-order valence-corrected chi connectivity index (χ3v) is 3.59. The standard InChI is InChI=1S/C14H11FN2O3S/c1-9(18)16-11-3-5-12(6-4-11)21-14-7-2-10(15)8-13(14)17(19)20/h2-8H,1H3,(H,16,18). The van der Waals surface area contributed by atoms with Crippen LogP contribution in [0.15, 0.2) is 52.3 Å². The zero-order valence-corrected chi connectivity index (χ0v) is 11.8. The first-order valence-corrected chi connectivity index (χ1v) is 6.77. The van der Waals surface area contributed by atoms with Crippen LogP contribution in [-0.4, -0.2) is 10.8 Å². The van der Waals surface area contributed by atoms with Crippen LogP contribution in [0.3, 0.4) is 0 Å². The number of anilines is 1. The molecule has 0 heterocycles. The van der Waals surface area contributed by atoms with E-state index in [1.807, 2.05) is 0 Å². The summed E-state index contributed by atoms with van der Waals surface area (Å²) in [4.78, 5) is 22.3. The molecule has 5 nitrogen and oxygen atoms in total. The SMILES string of the molecule is CC(=O)Nc1ccc(Sc2ccc(F)cc2[N+](=O)[O-])cc1. The van der Waals surface area contributed by atoms with Gasteiger partial charge in [0.25, 0.3) is 5.69 Å². The van der Waals surface area contributed by atoms with Gasteiger partial charge in [0.15, 0.2) is 0 Å². The minimum absolute atomic E-state index is 0.176. The summed E-state index contributed by atoms with van der Waals surface area (Å²) in [5.41, 5.74) is 0.367. The summed E-state index contributed by atoms with van der Waals surface area (Å²) >= 11 is 1.16. The first kappa shape index (κ1) is 15.0. The second kappa shape index (κ2) is 6.36. The van der Waals surface area contributed by atoms with Gasteiger partial charge in [-0.05, 0) is 36.4 Å². The molecule has 0 saturated carbocycles. The highest BCUT2D eigenvalue weighted by molar-refractivity contribution is 7.99. The zero-order chi connectivity index (χ0) is 15.4. The van der Waals surface area contributed by atoms with Gasteiger partial charge in [-0.15, -0.1) is 0 Å². The Morgan fingerprint density at radius 3 is 2.48 bits per heavy atom. The summed E-state index contributed by atoms with van der Waals surface area (Å²) in [6.45, 7) is 1.41. The molecule has 0 aliphatic carbocycles. The third-order valence-electron chi connectivity index (χ3n) is 2.52. The lowest BCUT2D eigenvalue weighted by molar-refractivity contribution is -0.387. The molecule has 1 amide bonds. The molecule has 2 aromatic carbocycles. The number of nitrogens with zero attached hydrogens (tertiary/aromatic N) is 1. The van der Waals surface area contributed by atoms with E-state index in [1.165, 1.54) is 19.1 Å². The van der Waals surface area contributed by atoms with Crippen molar-refractivity contribution < 1.29 is 14.1 Å². The molecule has 0 atom stereocenters. The molecule has 0 aliphatic rings. The molecule has 108 valence electrons. The Bertz CT molecular complexity index is 689. The highest BCUT2D eigenvalue weighted by Gasteiger charge is 2.15. The van der Waals surface area contributed by atoms with E-state index in [-0.39, 0.29) is 11.6 Å². The number of benzene rings is 2. The van der Waals surface area contributed by atoms with E-state index in [1.54, 1.807) is 24.3 Å². The van der Waals surface area contributed by atoms with Crippen molar-refractivity contribution in [3.8, 4) is 0 Å². The molecular weight excluding hydrogens is 295 g/mol. The smallest absolute Gasteiger partial charge is 0.286 e. The van der Waals surface area contributed by atoms with Crippen LogP contribution in [0.4, 0.5) is 15.8 Å². The molecule has 7 heteroatoms. The highest BCUT2D eigenvalue weighted by Crippen LogP contribution is 2.35. The molecule has 1 N–H and O–H groups in total. The summed E-state index contributed by atoms with van der Waals surface area (Å²) < 4.78 is 13.1. The lowest BCUT2D eigenvalue weighted by Gasteiger charge is -2.05. The number of carbonyl (C=O) groups is 1. The van der Waals surface area contributed by atoms with Crippen molar-refractivity contribution in [2.75, 3.05) is 5.32 Å². The maximum Gasteiger partial charge on any atom is 0.286 e. The van der Waals surface area contributed by atoms with Crippen LogP contribution in [-0.2, 0) is 4.79 Å². The number of rotatable bonds is 4. The van der Waals surface area contributed by atoms with E-state index in [9.17, 15) is 19.3 Å². The largest absolute Gasteiger partial charge is 0.326 e. The molecule has 0 radical (unpaired) electrons. The fourth-order valence-corrected chi connectivity index (χ4v) is 2.56. The molecule has 0 fully saturated rings. The minimum Gasteiger partial charge on any atom is -0.326 e. The molecular formula is C14H11FN2O3S. The number of hydrogen-bond donors (Lipinski definition) is 1. The van der Waals surface area contributed by atoms with Gasteiger partial charge in [0, 0.05) is 17.5 Å². The number of amides is 1. The third kappa shape index (κ3) is 4.03. The normalized spacial score (nSPS) is 10.2. The van der Waals surface area contributed by atoms with Gasteiger partial charge in [0.1, 0.15) is 5.82 Å². The fourth-order valence-electron chi connectivity index (χ4n) is 1.66. The minimum atomic E-state index is -0.646. The average molecular weight is 306 g/mol. The summed E-state index contributed by atoms with van der Waals surface area (Å²) in [5.74, 6) is -0.823. The highest BCUT2D eigenvalue weighted by atomic mass is 32.2. The van der Waals surface area contributed by atoms with Crippen molar-refractivity contribution in [2.24, 2.45) is 0 Å². The summed E-state index contributed by atoms with van der Waals surface area (Å²) in [6.07, 6.45) is 0. The van der Waals surface area contributed by atoms with Crippen LogP contribution in [0.2, 0.25) is 0 Å². The molecule has 0 spiro atoms. The van der Waals surface area contributed by atoms with Crippen molar-refractivity contribution in [1.29, 1.82) is 0 Å². The Kier molecular flexibility index (Phi) is 4.54. The Labute approximate surface area is 124 Å². The quantitative estimate of drug-likeness (QED) is 0.688. The van der Waals surface area contributed by atoms with Crippen LogP contribution >= 0.6 is 11.8 Å². The van der Waals surface area contributed by atoms with E-state index >= 15 is 0 Å². The van der Waals surface area contributed by atoms with E-state index in [0.29, 0.717) is 10.6 Å². The zero-order valence-electron chi connectivity index (χ0n) is 11.0. The van der Waals surface area contributed by atoms with Crippen molar-refractivity contribution >= 4 is 29.0 Å². The molecule has 0 aromatic heterocycles. The summed E-state index contributed by atoms with van der Waals surface area (Å²) in [6, 6.07) is 10.3. The molecule has 2 rings (SSSR count). The van der Waals surface area contributed by atoms with Gasteiger partial charge in [-0.1, -0.05) is 11.8 Å². The Morgan fingerprint density at radius 2 is 1.90 bits per heavy atom. The number of hydrogen-bond acceptors (Lipinski definition) is 4. The summed E-state index contributed by atoms with van der Waals surface area (Å²) in [7, 11) is 0. The predicted molar refractivity (Wildman–Crippen MR) is 77.9 cm³/mol. The number of nitro benzene ring substituents is 1. The maximum absolute atomic E-state index is 13.1. The van der Waals surface area contributed by atoms with Gasteiger partial charge in [-0.3, -0.25) is 14.9 Å². The van der Waals surface area contributed by atoms with Gasteiger partial charge in [0.05, 0.1) is 15.9 Å². The Hall–Kier alpha value is -2.41. The van der Waals surface area contributed by atoms with Crippen molar-refractivity contribution in [3.05, 3.63) is 58.4 Å². The van der Waals surface area contributed by atoms with Crippen LogP contribution < -0.4 is 5.32 Å². The van der Waals surface area contributed by atoms with Crippen LogP contribution in [0, 0.1) is 15.9 Å². The van der Waals surface area contributed by atoms with Gasteiger partial charge in [-0.2, -0.15) is 0 Å². The van der Waals surface area contributed by atoms with Crippen LogP contribution in [0.25, 0.3) is 0 Å².